The van der Waals surface area contributed by atoms with Crippen LogP contribution in [0.15, 0.2) is 45.6 Å². The number of hydrogen-bond acceptors (Lipinski definition) is 5. The summed E-state index contributed by atoms with van der Waals surface area (Å²) < 4.78 is 7.15. The van der Waals surface area contributed by atoms with E-state index in [9.17, 15) is 4.79 Å². The van der Waals surface area contributed by atoms with Crippen molar-refractivity contribution in [1.29, 1.82) is 0 Å². The van der Waals surface area contributed by atoms with Crippen LogP contribution in [0.4, 0.5) is 5.69 Å². The highest BCUT2D eigenvalue weighted by atomic mass is 32.1. The molecule has 4 aromatic rings. The van der Waals surface area contributed by atoms with Gasteiger partial charge in [-0.25, -0.2) is 9.78 Å². The van der Waals surface area contributed by atoms with Crippen LogP contribution in [-0.2, 0) is 5.41 Å². The van der Waals surface area contributed by atoms with E-state index < -0.39 is 0 Å². The van der Waals surface area contributed by atoms with Crippen molar-refractivity contribution in [2.75, 3.05) is 18.0 Å². The van der Waals surface area contributed by atoms with E-state index in [1.807, 2.05) is 30.3 Å². The number of thiazole rings is 1. The second-order valence-electron chi connectivity index (χ2n) is 9.35. The van der Waals surface area contributed by atoms with Crippen molar-refractivity contribution in [2.45, 2.75) is 44.9 Å². The Balaban J connectivity index is 1.66. The molecule has 5 heteroatoms. The minimum Gasteiger partial charge on any atom is -0.422 e. The fraction of sp³-hybridized carbons (Fsp3) is 0.360. The molecule has 2 aliphatic rings. The highest BCUT2D eigenvalue weighted by molar-refractivity contribution is 7.21. The molecule has 0 amide bonds. The first-order valence-electron chi connectivity index (χ1n) is 10.7. The van der Waals surface area contributed by atoms with Crippen LogP contribution >= 0.6 is 11.3 Å². The molecule has 0 spiro atoms. The average Bonchev–Trinajstić information content (AvgIpc) is 3.15. The summed E-state index contributed by atoms with van der Waals surface area (Å²) in [6.45, 7) is 9.02. The Bertz CT molecular complexity index is 1350. The highest BCUT2D eigenvalue weighted by Gasteiger charge is 2.38. The Morgan fingerprint density at radius 3 is 2.87 bits per heavy atom. The molecule has 2 aromatic heterocycles. The molecule has 6 rings (SSSR count). The van der Waals surface area contributed by atoms with Gasteiger partial charge in [0.1, 0.15) is 10.6 Å². The molecule has 0 saturated heterocycles. The topological polar surface area (TPSA) is 46.3 Å². The maximum atomic E-state index is 13.1. The first kappa shape index (κ1) is 18.1. The molecule has 0 N–H and O–H groups in total. The van der Waals surface area contributed by atoms with Crippen molar-refractivity contribution in [1.82, 2.24) is 4.98 Å². The van der Waals surface area contributed by atoms with E-state index >= 15 is 0 Å². The van der Waals surface area contributed by atoms with Crippen molar-refractivity contribution < 1.29 is 4.42 Å². The molecule has 4 nitrogen and oxygen atoms in total. The standard InChI is InChI=1S/C25H24N2O2S/c1-14-8-10-27-11-9-25(2,3)20-21(27)16(14)12-15-13-17(24(28)29-22(15)20)23-26-18-6-4-5-7-19(18)30-23/h4-7,12-14H,8-11H2,1-3H3/t14-/m1/s1. The van der Waals surface area contributed by atoms with Gasteiger partial charge in [0.15, 0.2) is 0 Å². The molecule has 2 aliphatic heterocycles. The number of rotatable bonds is 1. The smallest absolute Gasteiger partial charge is 0.346 e. The van der Waals surface area contributed by atoms with Gasteiger partial charge in [-0.3, -0.25) is 0 Å². The fourth-order valence-electron chi connectivity index (χ4n) is 5.14. The van der Waals surface area contributed by atoms with Gasteiger partial charge in [0, 0.05) is 29.7 Å². The molecule has 0 bridgehead atoms. The molecule has 0 saturated carbocycles. The van der Waals surface area contributed by atoms with E-state index in [0.29, 0.717) is 11.5 Å². The van der Waals surface area contributed by atoms with Crippen molar-refractivity contribution in [2.24, 2.45) is 0 Å². The Hall–Kier alpha value is -2.66. The molecule has 0 fully saturated rings. The van der Waals surface area contributed by atoms with Crippen LogP contribution in [0.5, 0.6) is 0 Å². The van der Waals surface area contributed by atoms with E-state index in [1.165, 1.54) is 23.2 Å². The lowest BCUT2D eigenvalue weighted by Crippen LogP contribution is -2.41. The molecule has 0 aliphatic carbocycles. The number of para-hydroxylation sites is 1. The summed E-state index contributed by atoms with van der Waals surface area (Å²) in [6.07, 6.45) is 2.23. The van der Waals surface area contributed by atoms with E-state index in [2.05, 4.69) is 31.7 Å². The van der Waals surface area contributed by atoms with Gasteiger partial charge >= 0.3 is 5.63 Å². The summed E-state index contributed by atoms with van der Waals surface area (Å²) >= 11 is 1.54. The quantitative estimate of drug-likeness (QED) is 0.354. The summed E-state index contributed by atoms with van der Waals surface area (Å²) in [5, 5.41) is 1.74. The molecule has 4 heterocycles. The predicted molar refractivity (Wildman–Crippen MR) is 124 cm³/mol. The number of aromatic nitrogens is 1. The average molecular weight is 417 g/mol. The SMILES string of the molecule is C[C@@H]1CCN2CCC(C)(C)c3c2c1cc1cc(-c2nc4ccccc4s2)c(=O)oc31. The van der Waals surface area contributed by atoms with Crippen LogP contribution in [0, 0.1) is 0 Å². The molecule has 0 radical (unpaired) electrons. The van der Waals surface area contributed by atoms with Crippen LogP contribution in [0.1, 0.15) is 50.7 Å². The van der Waals surface area contributed by atoms with E-state index in [1.54, 1.807) is 11.3 Å². The van der Waals surface area contributed by atoms with Gasteiger partial charge in [-0.05, 0) is 54.0 Å². The van der Waals surface area contributed by atoms with Crippen molar-refractivity contribution in [3.8, 4) is 10.6 Å². The predicted octanol–water partition coefficient (Wildman–Crippen LogP) is 6.06. The van der Waals surface area contributed by atoms with E-state index in [-0.39, 0.29) is 11.0 Å². The van der Waals surface area contributed by atoms with Gasteiger partial charge in [-0.15, -0.1) is 11.3 Å². The Morgan fingerprint density at radius 2 is 2.03 bits per heavy atom. The molecule has 152 valence electrons. The molecular weight excluding hydrogens is 392 g/mol. The molecule has 1 atom stereocenters. The minimum atomic E-state index is -0.297. The summed E-state index contributed by atoms with van der Waals surface area (Å²) in [4.78, 5) is 20.3. The van der Waals surface area contributed by atoms with Crippen molar-refractivity contribution >= 4 is 38.2 Å². The fourth-order valence-corrected chi connectivity index (χ4v) is 6.11. The first-order chi connectivity index (χ1) is 14.4. The molecule has 2 aromatic carbocycles. The number of hydrogen-bond donors (Lipinski definition) is 0. The van der Waals surface area contributed by atoms with Gasteiger partial charge in [0.25, 0.3) is 0 Å². The lowest BCUT2D eigenvalue weighted by molar-refractivity contribution is 0.431. The van der Waals surface area contributed by atoms with Crippen LogP contribution in [-0.4, -0.2) is 18.1 Å². The number of benzene rings is 2. The maximum absolute atomic E-state index is 13.1. The third-order valence-corrected chi connectivity index (χ3v) is 7.98. The summed E-state index contributed by atoms with van der Waals surface area (Å²) in [5.74, 6) is 0.506. The van der Waals surface area contributed by atoms with Gasteiger partial charge in [0.2, 0.25) is 0 Å². The number of fused-ring (bicyclic) bond motifs is 3. The van der Waals surface area contributed by atoms with Gasteiger partial charge in [-0.1, -0.05) is 32.9 Å². The Labute approximate surface area is 179 Å². The van der Waals surface area contributed by atoms with Crippen LogP contribution in [0.25, 0.3) is 31.8 Å². The third-order valence-electron chi connectivity index (χ3n) is 6.91. The van der Waals surface area contributed by atoms with Crippen LogP contribution in [0.2, 0.25) is 0 Å². The lowest BCUT2D eigenvalue weighted by Gasteiger charge is -2.45. The lowest BCUT2D eigenvalue weighted by atomic mass is 9.73. The van der Waals surface area contributed by atoms with Crippen molar-refractivity contribution in [3.05, 3.63) is 57.9 Å². The summed E-state index contributed by atoms with van der Waals surface area (Å²) in [7, 11) is 0. The largest absolute Gasteiger partial charge is 0.422 e. The van der Waals surface area contributed by atoms with E-state index in [0.717, 1.165) is 45.7 Å². The molecule has 30 heavy (non-hydrogen) atoms. The zero-order valence-electron chi connectivity index (χ0n) is 17.5. The Morgan fingerprint density at radius 1 is 1.20 bits per heavy atom. The van der Waals surface area contributed by atoms with Crippen LogP contribution < -0.4 is 10.5 Å². The van der Waals surface area contributed by atoms with Gasteiger partial charge in [0.05, 0.1) is 15.8 Å². The summed E-state index contributed by atoms with van der Waals surface area (Å²) in [5.41, 5.74) is 5.83. The first-order valence-corrected chi connectivity index (χ1v) is 11.5. The zero-order valence-corrected chi connectivity index (χ0v) is 18.3. The third kappa shape index (κ3) is 2.51. The van der Waals surface area contributed by atoms with Crippen molar-refractivity contribution in [3.63, 3.8) is 0 Å². The van der Waals surface area contributed by atoms with E-state index in [4.69, 9.17) is 9.40 Å². The number of nitrogens with zero attached hydrogens (tertiary/aromatic N) is 2. The molecular formula is C25H24N2O2S. The highest BCUT2D eigenvalue weighted by Crippen LogP contribution is 2.50. The summed E-state index contributed by atoms with van der Waals surface area (Å²) in [6, 6.07) is 12.3. The monoisotopic (exact) mass is 416 g/mol. The second-order valence-corrected chi connectivity index (χ2v) is 10.4. The van der Waals surface area contributed by atoms with Crippen LogP contribution in [0.3, 0.4) is 0 Å². The molecule has 0 unspecified atom stereocenters. The van der Waals surface area contributed by atoms with Gasteiger partial charge in [-0.2, -0.15) is 0 Å². The Kier molecular flexibility index (Phi) is 3.73. The zero-order chi connectivity index (χ0) is 20.6. The second kappa shape index (κ2) is 6.17. The maximum Gasteiger partial charge on any atom is 0.346 e. The number of anilines is 1. The normalized spacial score (nSPS) is 20.0. The minimum absolute atomic E-state index is 0.0233. The van der Waals surface area contributed by atoms with Gasteiger partial charge < -0.3 is 9.32 Å².